The first-order valence-electron chi connectivity index (χ1n) is 10.4. The summed E-state index contributed by atoms with van der Waals surface area (Å²) in [6.07, 6.45) is 6.19. The van der Waals surface area contributed by atoms with Gasteiger partial charge >= 0.3 is 0 Å². The molecule has 1 heterocycles. The second-order valence-electron chi connectivity index (χ2n) is 8.56. The van der Waals surface area contributed by atoms with Crippen molar-refractivity contribution in [1.29, 1.82) is 0 Å². The molecule has 143 valence electrons. The van der Waals surface area contributed by atoms with Crippen LogP contribution in [0.5, 0.6) is 0 Å². The van der Waals surface area contributed by atoms with Crippen molar-refractivity contribution in [2.75, 3.05) is 0 Å². The molecule has 3 aromatic rings. The molecule has 0 amide bonds. The van der Waals surface area contributed by atoms with Crippen LogP contribution < -0.4 is 0 Å². The number of hydrogen-bond acceptors (Lipinski definition) is 1. The summed E-state index contributed by atoms with van der Waals surface area (Å²) in [6, 6.07) is 20.1. The van der Waals surface area contributed by atoms with Crippen LogP contribution in [0.25, 0.3) is 22.8 Å². The lowest BCUT2D eigenvalue weighted by Crippen LogP contribution is -2.15. The zero-order chi connectivity index (χ0) is 20.1. The fraction of sp³-hybridized carbons (Fsp3) is 0.222. The molecule has 2 aliphatic carbocycles. The van der Waals surface area contributed by atoms with Crippen LogP contribution in [-0.4, -0.2) is 13.8 Å². The van der Waals surface area contributed by atoms with Gasteiger partial charge in [-0.1, -0.05) is 72.8 Å². The van der Waals surface area contributed by atoms with Crippen LogP contribution in [0, 0.1) is 0 Å². The molecule has 1 aromatic heterocycles. The predicted molar refractivity (Wildman–Crippen MR) is 125 cm³/mol. The Balaban J connectivity index is 1.79. The highest BCUT2D eigenvalue weighted by molar-refractivity contribution is 6.59. The third-order valence-electron chi connectivity index (χ3n) is 6.54. The Labute approximate surface area is 175 Å². The molecule has 2 aromatic carbocycles. The van der Waals surface area contributed by atoms with E-state index in [0.717, 1.165) is 0 Å². The van der Waals surface area contributed by atoms with Crippen molar-refractivity contribution in [3.8, 4) is 11.1 Å². The maximum Gasteiger partial charge on any atom is 0.0552 e. The van der Waals surface area contributed by atoms with E-state index in [4.69, 9.17) is 0 Å². The van der Waals surface area contributed by atoms with Crippen LogP contribution in [0.1, 0.15) is 47.6 Å². The van der Waals surface area contributed by atoms with E-state index in [0.29, 0.717) is 11.5 Å². The van der Waals surface area contributed by atoms with Gasteiger partial charge in [0.1, 0.15) is 0 Å². The Morgan fingerprint density at radius 3 is 2.31 bits per heavy atom. The van der Waals surface area contributed by atoms with Crippen molar-refractivity contribution < 1.29 is 0 Å². The van der Waals surface area contributed by atoms with E-state index in [1.807, 2.05) is 12.4 Å². The first-order valence-corrected chi connectivity index (χ1v) is 13.0. The van der Waals surface area contributed by atoms with Gasteiger partial charge in [0.15, 0.2) is 0 Å². The molecule has 0 fully saturated rings. The lowest BCUT2D eigenvalue weighted by atomic mass is 9.82. The van der Waals surface area contributed by atoms with E-state index < -0.39 is 8.80 Å². The molecule has 2 atom stereocenters. The van der Waals surface area contributed by atoms with Crippen LogP contribution in [-0.2, 0) is 0 Å². The van der Waals surface area contributed by atoms with Gasteiger partial charge in [0.05, 0.1) is 8.80 Å². The summed E-state index contributed by atoms with van der Waals surface area (Å²) in [4.78, 5) is 4.24. The third kappa shape index (κ3) is 2.78. The molecule has 29 heavy (non-hydrogen) atoms. The van der Waals surface area contributed by atoms with Crippen molar-refractivity contribution >= 4 is 20.4 Å². The van der Waals surface area contributed by atoms with Crippen molar-refractivity contribution in [2.24, 2.45) is 0 Å². The van der Waals surface area contributed by atoms with Crippen molar-refractivity contribution in [3.05, 3.63) is 100 Å². The Morgan fingerprint density at radius 2 is 1.55 bits per heavy atom. The third-order valence-corrected chi connectivity index (χ3v) is 8.44. The summed E-state index contributed by atoms with van der Waals surface area (Å²) >= 11 is 0. The number of aromatic nitrogens is 1. The summed E-state index contributed by atoms with van der Waals surface area (Å²) in [6.45, 7) is 9.60. The van der Waals surface area contributed by atoms with Crippen molar-refractivity contribution in [1.82, 2.24) is 4.98 Å². The molecule has 0 spiro atoms. The molecule has 0 aliphatic heterocycles. The van der Waals surface area contributed by atoms with Crippen LogP contribution >= 0.6 is 0 Å². The second-order valence-corrected chi connectivity index (χ2v) is 11.3. The number of hydrogen-bond donors (Lipinski definition) is 0. The summed E-state index contributed by atoms with van der Waals surface area (Å²) in [7, 11) is -0.516. The molecule has 2 aliphatic rings. The zero-order valence-electron chi connectivity index (χ0n) is 17.5. The molecule has 1 nitrogen and oxygen atoms in total. The molecule has 2 heteroatoms. The molecule has 0 saturated carbocycles. The van der Waals surface area contributed by atoms with E-state index in [9.17, 15) is 0 Å². The number of pyridine rings is 1. The van der Waals surface area contributed by atoms with Gasteiger partial charge in [-0.25, -0.2) is 0 Å². The normalized spacial score (nSPS) is 20.1. The highest BCUT2D eigenvalue weighted by Gasteiger charge is 2.38. The second kappa shape index (κ2) is 6.96. The Kier molecular flexibility index (Phi) is 4.40. The van der Waals surface area contributed by atoms with Crippen LogP contribution in [0.2, 0.25) is 13.1 Å². The number of allylic oxidation sites excluding steroid dienone is 3. The van der Waals surface area contributed by atoms with Gasteiger partial charge in [0, 0.05) is 18.3 Å². The molecule has 0 saturated heterocycles. The minimum atomic E-state index is -0.516. The number of nitrogens with zero attached hydrogens (tertiary/aromatic N) is 1. The smallest absolute Gasteiger partial charge is 0.0552 e. The van der Waals surface area contributed by atoms with E-state index in [1.165, 1.54) is 39.0 Å². The standard InChI is InChI=1S/C27H26NSi/c1-17-16-20-8-5-6-9-22(20)24(17)25-18(2)27(29(3)4)23-11-7-10-21(26(23)25)19-12-14-28-15-13-19/h5-16,24,27H,1-4H3. The monoisotopic (exact) mass is 392 g/mol. The Bertz CT molecular complexity index is 1150. The lowest BCUT2D eigenvalue weighted by Gasteiger charge is -2.21. The van der Waals surface area contributed by atoms with Crippen molar-refractivity contribution in [3.63, 3.8) is 0 Å². The highest BCUT2D eigenvalue weighted by Crippen LogP contribution is 2.55. The van der Waals surface area contributed by atoms with Crippen LogP contribution in [0.4, 0.5) is 0 Å². The summed E-state index contributed by atoms with van der Waals surface area (Å²) in [5.74, 6) is 0.360. The fourth-order valence-electron chi connectivity index (χ4n) is 5.45. The van der Waals surface area contributed by atoms with Gasteiger partial charge in [-0.15, -0.1) is 0 Å². The minimum absolute atomic E-state index is 0.360. The lowest BCUT2D eigenvalue weighted by molar-refractivity contribution is 1.03. The number of fused-ring (bicyclic) bond motifs is 2. The van der Waals surface area contributed by atoms with Crippen LogP contribution in [0.15, 0.2) is 78.1 Å². The fourth-order valence-corrected chi connectivity index (χ4v) is 7.33. The van der Waals surface area contributed by atoms with E-state index in [-0.39, 0.29) is 0 Å². The Morgan fingerprint density at radius 1 is 0.828 bits per heavy atom. The van der Waals surface area contributed by atoms with Crippen LogP contribution in [0.3, 0.4) is 0 Å². The topological polar surface area (TPSA) is 12.9 Å². The van der Waals surface area contributed by atoms with Gasteiger partial charge in [-0.2, -0.15) is 0 Å². The summed E-state index contributed by atoms with van der Waals surface area (Å²) < 4.78 is 0. The van der Waals surface area contributed by atoms with Gasteiger partial charge in [-0.3, -0.25) is 4.98 Å². The quantitative estimate of drug-likeness (QED) is 0.433. The van der Waals surface area contributed by atoms with Crippen molar-refractivity contribution in [2.45, 2.75) is 38.4 Å². The predicted octanol–water partition coefficient (Wildman–Crippen LogP) is 7.11. The maximum atomic E-state index is 4.24. The maximum absolute atomic E-state index is 4.24. The average molecular weight is 393 g/mol. The average Bonchev–Trinajstić information content (AvgIpc) is 3.20. The number of rotatable bonds is 3. The molecule has 5 rings (SSSR count). The molecule has 0 N–H and O–H groups in total. The van der Waals surface area contributed by atoms with E-state index in [2.05, 4.69) is 92.6 Å². The largest absolute Gasteiger partial charge is 0.265 e. The van der Waals surface area contributed by atoms with Gasteiger partial charge in [-0.05, 0) is 70.5 Å². The molecule has 1 radical (unpaired) electrons. The molecule has 0 bridgehead atoms. The first kappa shape index (κ1) is 18.3. The minimum Gasteiger partial charge on any atom is -0.265 e. The zero-order valence-corrected chi connectivity index (χ0v) is 18.5. The molecular formula is C27H26NSi. The van der Waals surface area contributed by atoms with Gasteiger partial charge < -0.3 is 0 Å². The summed E-state index contributed by atoms with van der Waals surface area (Å²) in [5, 5.41) is 0. The van der Waals surface area contributed by atoms with E-state index in [1.54, 1.807) is 11.1 Å². The van der Waals surface area contributed by atoms with E-state index >= 15 is 0 Å². The molecular weight excluding hydrogens is 366 g/mol. The number of benzene rings is 2. The van der Waals surface area contributed by atoms with Gasteiger partial charge in [0.25, 0.3) is 0 Å². The summed E-state index contributed by atoms with van der Waals surface area (Å²) in [5.41, 5.74) is 13.6. The Hall–Kier alpha value is -2.71. The van der Waals surface area contributed by atoms with Gasteiger partial charge in [0.2, 0.25) is 0 Å². The molecule has 2 unspecified atom stereocenters. The highest BCUT2D eigenvalue weighted by atomic mass is 28.3. The SMILES string of the molecule is CC1=Cc2ccccc2C1C1=C(C)C([Si](C)C)c2cccc(-c3ccncc3)c21. The first-order chi connectivity index (χ1) is 14.1.